The van der Waals surface area contributed by atoms with E-state index in [9.17, 15) is 9.59 Å². The van der Waals surface area contributed by atoms with E-state index >= 15 is 0 Å². The molecular formula is C26H30N4O2S. The van der Waals surface area contributed by atoms with Gasteiger partial charge in [0.2, 0.25) is 5.91 Å². The molecule has 1 heterocycles. The van der Waals surface area contributed by atoms with E-state index < -0.39 is 6.04 Å². The second kappa shape index (κ2) is 10.7. The van der Waals surface area contributed by atoms with Crippen molar-refractivity contribution in [2.45, 2.75) is 64.6 Å². The monoisotopic (exact) mass is 462 g/mol. The zero-order valence-electron chi connectivity index (χ0n) is 19.2. The Morgan fingerprint density at radius 3 is 2.52 bits per heavy atom. The minimum Gasteiger partial charge on any atom is -0.351 e. The molecule has 1 saturated carbocycles. The summed E-state index contributed by atoms with van der Waals surface area (Å²) in [6.07, 6.45) is 6.89. The van der Waals surface area contributed by atoms with E-state index in [1.165, 1.54) is 12.6 Å². The minimum absolute atomic E-state index is 0.144. The number of hydrogen-bond donors (Lipinski definition) is 1. The van der Waals surface area contributed by atoms with Gasteiger partial charge in [0.15, 0.2) is 5.69 Å². The van der Waals surface area contributed by atoms with Crippen molar-refractivity contribution in [1.82, 2.24) is 19.0 Å². The van der Waals surface area contributed by atoms with Gasteiger partial charge in [0.05, 0.1) is 17.9 Å². The highest BCUT2D eigenvalue weighted by atomic mass is 32.1. The zero-order valence-corrected chi connectivity index (χ0v) is 20.0. The summed E-state index contributed by atoms with van der Waals surface area (Å²) in [5.74, 6) is -0.438. The average Bonchev–Trinajstić information content (AvgIpc) is 3.37. The van der Waals surface area contributed by atoms with Gasteiger partial charge in [-0.2, -0.15) is 8.75 Å². The lowest BCUT2D eigenvalue weighted by molar-refractivity contribution is -0.127. The SMILES string of the molecule is Cc1cccc(CN(C(=O)c2cnsn2)C(C(=O)NC2CCCCC2)c2ccccc2)c1C. The minimum atomic E-state index is -0.762. The number of aryl methyl sites for hydroxylation is 1. The molecule has 6 nitrogen and oxygen atoms in total. The number of amides is 2. The maximum Gasteiger partial charge on any atom is 0.276 e. The summed E-state index contributed by atoms with van der Waals surface area (Å²) in [4.78, 5) is 29.0. The van der Waals surface area contributed by atoms with Crippen LogP contribution in [0, 0.1) is 13.8 Å². The first kappa shape index (κ1) is 23.1. The van der Waals surface area contributed by atoms with E-state index in [0.717, 1.165) is 59.7 Å². The molecule has 3 aromatic rings. The summed E-state index contributed by atoms with van der Waals surface area (Å²) in [5.41, 5.74) is 4.33. The summed E-state index contributed by atoms with van der Waals surface area (Å²) >= 11 is 0.994. The van der Waals surface area contributed by atoms with E-state index in [4.69, 9.17) is 0 Å². The lowest BCUT2D eigenvalue weighted by Crippen LogP contribution is -2.47. The van der Waals surface area contributed by atoms with Crippen LogP contribution in [0.4, 0.5) is 0 Å². The predicted molar refractivity (Wildman–Crippen MR) is 130 cm³/mol. The Labute approximate surface area is 199 Å². The molecule has 1 aliphatic rings. The number of hydrogen-bond acceptors (Lipinski definition) is 5. The molecular weight excluding hydrogens is 432 g/mol. The summed E-state index contributed by atoms with van der Waals surface area (Å²) in [5, 5.41) is 3.24. The lowest BCUT2D eigenvalue weighted by Gasteiger charge is -2.33. The topological polar surface area (TPSA) is 75.2 Å². The maximum absolute atomic E-state index is 13.7. The molecule has 1 aromatic heterocycles. The molecule has 0 spiro atoms. The second-order valence-electron chi connectivity index (χ2n) is 8.74. The number of aromatic nitrogens is 2. The predicted octanol–water partition coefficient (Wildman–Crippen LogP) is 4.99. The molecule has 1 unspecified atom stereocenters. The van der Waals surface area contributed by atoms with Crippen LogP contribution >= 0.6 is 11.7 Å². The van der Waals surface area contributed by atoms with Crippen LogP contribution in [0.5, 0.6) is 0 Å². The van der Waals surface area contributed by atoms with Gasteiger partial charge in [0, 0.05) is 12.6 Å². The third kappa shape index (κ3) is 5.47. The number of carbonyl (C=O) groups is 2. The smallest absolute Gasteiger partial charge is 0.276 e. The van der Waals surface area contributed by atoms with Crippen LogP contribution in [0.15, 0.2) is 54.7 Å². The number of carbonyl (C=O) groups excluding carboxylic acids is 2. The van der Waals surface area contributed by atoms with Gasteiger partial charge in [0.25, 0.3) is 5.91 Å². The molecule has 2 aromatic carbocycles. The van der Waals surface area contributed by atoms with Crippen LogP contribution in [0.2, 0.25) is 0 Å². The van der Waals surface area contributed by atoms with Crippen LogP contribution in [-0.4, -0.2) is 31.5 Å². The second-order valence-corrected chi connectivity index (χ2v) is 9.30. The van der Waals surface area contributed by atoms with Crippen LogP contribution in [-0.2, 0) is 11.3 Å². The van der Waals surface area contributed by atoms with Gasteiger partial charge in [-0.1, -0.05) is 67.8 Å². The van der Waals surface area contributed by atoms with Crippen LogP contribution in [0.25, 0.3) is 0 Å². The number of nitrogens with one attached hydrogen (secondary N) is 1. The number of benzene rings is 2. The van der Waals surface area contributed by atoms with Crippen LogP contribution < -0.4 is 5.32 Å². The number of rotatable bonds is 7. The Balaban J connectivity index is 1.73. The third-order valence-corrected chi connectivity index (χ3v) is 7.00. The molecule has 0 saturated heterocycles. The highest BCUT2D eigenvalue weighted by molar-refractivity contribution is 6.99. The molecule has 33 heavy (non-hydrogen) atoms. The summed E-state index contributed by atoms with van der Waals surface area (Å²) in [7, 11) is 0. The van der Waals surface area contributed by atoms with Gasteiger partial charge in [0.1, 0.15) is 6.04 Å². The molecule has 4 rings (SSSR count). The Hall–Kier alpha value is -3.06. The van der Waals surface area contributed by atoms with E-state index in [-0.39, 0.29) is 23.6 Å². The first-order valence-electron chi connectivity index (χ1n) is 11.5. The van der Waals surface area contributed by atoms with Gasteiger partial charge in [-0.25, -0.2) is 0 Å². The zero-order chi connectivity index (χ0) is 23.2. The molecule has 1 N–H and O–H groups in total. The molecule has 7 heteroatoms. The van der Waals surface area contributed by atoms with Crippen LogP contribution in [0.3, 0.4) is 0 Å². The van der Waals surface area contributed by atoms with Gasteiger partial charge in [-0.15, -0.1) is 0 Å². The van der Waals surface area contributed by atoms with Crippen molar-refractivity contribution in [3.05, 3.63) is 82.7 Å². The van der Waals surface area contributed by atoms with E-state index in [2.05, 4.69) is 34.0 Å². The Morgan fingerprint density at radius 2 is 1.82 bits per heavy atom. The summed E-state index contributed by atoms with van der Waals surface area (Å²) in [6, 6.07) is 15.0. The van der Waals surface area contributed by atoms with Crippen LogP contribution in [0.1, 0.15) is 70.9 Å². The molecule has 0 aliphatic heterocycles. The summed E-state index contributed by atoms with van der Waals surface area (Å²) < 4.78 is 8.19. The Bertz CT molecular complexity index is 1080. The molecule has 1 aliphatic carbocycles. The fourth-order valence-corrected chi connectivity index (χ4v) is 4.90. The van der Waals surface area contributed by atoms with Gasteiger partial charge in [-0.3, -0.25) is 9.59 Å². The van der Waals surface area contributed by atoms with Crippen molar-refractivity contribution in [3.8, 4) is 0 Å². The van der Waals surface area contributed by atoms with E-state index in [1.54, 1.807) is 4.90 Å². The highest BCUT2D eigenvalue weighted by Crippen LogP contribution is 2.28. The molecule has 0 radical (unpaired) electrons. The standard InChI is InChI=1S/C26H30N4O2S/c1-18-10-9-13-21(19(18)2)17-30(26(32)23-16-27-33-29-23)24(20-11-5-3-6-12-20)25(31)28-22-14-7-4-8-15-22/h3,5-6,9-13,16,22,24H,4,7-8,14-15,17H2,1-2H3,(H,28,31). The van der Waals surface area contributed by atoms with Crippen molar-refractivity contribution in [2.75, 3.05) is 0 Å². The molecule has 0 bridgehead atoms. The largest absolute Gasteiger partial charge is 0.351 e. The average molecular weight is 463 g/mol. The van der Waals surface area contributed by atoms with Crippen molar-refractivity contribution in [2.24, 2.45) is 0 Å². The lowest BCUT2D eigenvalue weighted by atomic mass is 9.94. The van der Waals surface area contributed by atoms with E-state index in [1.807, 2.05) is 42.5 Å². The Kier molecular flexibility index (Phi) is 7.50. The highest BCUT2D eigenvalue weighted by Gasteiger charge is 2.34. The van der Waals surface area contributed by atoms with Gasteiger partial charge in [-0.05, 0) is 48.9 Å². The molecule has 1 fully saturated rings. The number of nitrogens with zero attached hydrogens (tertiary/aromatic N) is 3. The normalized spacial score (nSPS) is 15.1. The molecule has 1 atom stereocenters. The van der Waals surface area contributed by atoms with Gasteiger partial charge < -0.3 is 10.2 Å². The van der Waals surface area contributed by atoms with Gasteiger partial charge >= 0.3 is 0 Å². The van der Waals surface area contributed by atoms with Crippen molar-refractivity contribution >= 4 is 23.5 Å². The van der Waals surface area contributed by atoms with Crippen molar-refractivity contribution < 1.29 is 9.59 Å². The summed E-state index contributed by atoms with van der Waals surface area (Å²) in [6.45, 7) is 4.42. The first-order valence-corrected chi connectivity index (χ1v) is 12.3. The maximum atomic E-state index is 13.7. The molecule has 172 valence electrons. The van der Waals surface area contributed by atoms with Crippen molar-refractivity contribution in [3.63, 3.8) is 0 Å². The third-order valence-electron chi connectivity index (χ3n) is 6.53. The molecule has 2 amide bonds. The Morgan fingerprint density at radius 1 is 1.06 bits per heavy atom. The first-order chi connectivity index (χ1) is 16.0. The fourth-order valence-electron chi connectivity index (χ4n) is 4.49. The van der Waals surface area contributed by atoms with E-state index in [0.29, 0.717) is 6.54 Å². The van der Waals surface area contributed by atoms with Crippen molar-refractivity contribution in [1.29, 1.82) is 0 Å². The quantitative estimate of drug-likeness (QED) is 0.537. The fraction of sp³-hybridized carbons (Fsp3) is 0.385.